The van der Waals surface area contributed by atoms with Crippen molar-refractivity contribution >= 4 is 28.8 Å². The van der Waals surface area contributed by atoms with Crippen molar-refractivity contribution in [3.8, 4) is 17.0 Å². The van der Waals surface area contributed by atoms with Crippen LogP contribution in [0.3, 0.4) is 0 Å². The second-order valence-corrected chi connectivity index (χ2v) is 6.49. The predicted molar refractivity (Wildman–Crippen MR) is 107 cm³/mol. The van der Waals surface area contributed by atoms with Crippen LogP contribution in [-0.4, -0.2) is 32.3 Å². The van der Waals surface area contributed by atoms with E-state index in [0.29, 0.717) is 27.9 Å². The van der Waals surface area contributed by atoms with Crippen LogP contribution >= 0.6 is 11.6 Å². The molecule has 0 aliphatic rings. The van der Waals surface area contributed by atoms with Gasteiger partial charge in [-0.05, 0) is 43.3 Å². The van der Waals surface area contributed by atoms with Gasteiger partial charge < -0.3 is 10.1 Å². The van der Waals surface area contributed by atoms with Crippen molar-refractivity contribution in [3.63, 3.8) is 0 Å². The van der Waals surface area contributed by atoms with Crippen LogP contribution in [0.5, 0.6) is 5.75 Å². The Bertz CT molecular complexity index is 1160. The van der Waals surface area contributed by atoms with Gasteiger partial charge >= 0.3 is 0 Å². The highest BCUT2D eigenvalue weighted by atomic mass is 35.5. The first-order chi connectivity index (χ1) is 13.6. The number of carbonyl (C=O) groups is 1. The molecule has 1 amide bonds. The second-order valence-electron chi connectivity index (χ2n) is 6.08. The normalized spacial score (nSPS) is 10.8. The summed E-state index contributed by atoms with van der Waals surface area (Å²) in [5.74, 6) is 0.892. The first-order valence-corrected chi connectivity index (χ1v) is 8.94. The molecule has 0 atom stereocenters. The van der Waals surface area contributed by atoms with Crippen molar-refractivity contribution in [1.82, 2.24) is 19.8 Å². The highest BCUT2D eigenvalue weighted by Crippen LogP contribution is 2.24. The molecule has 0 fully saturated rings. The van der Waals surface area contributed by atoms with Gasteiger partial charge in [0.15, 0.2) is 18.1 Å². The largest absolute Gasteiger partial charge is 0.482 e. The quantitative estimate of drug-likeness (QED) is 0.558. The molecular formula is C20H16ClN5O2. The van der Waals surface area contributed by atoms with E-state index in [0.717, 1.165) is 11.3 Å². The van der Waals surface area contributed by atoms with E-state index < -0.39 is 0 Å². The Labute approximate surface area is 165 Å². The number of rotatable bonds is 5. The summed E-state index contributed by atoms with van der Waals surface area (Å²) in [6.07, 6.45) is 0. The molecule has 2 aromatic carbocycles. The molecule has 2 heterocycles. The van der Waals surface area contributed by atoms with Crippen LogP contribution in [0.4, 0.5) is 5.69 Å². The maximum absolute atomic E-state index is 12.2. The number of nitrogens with zero attached hydrogens (tertiary/aromatic N) is 4. The summed E-state index contributed by atoms with van der Waals surface area (Å²) in [7, 11) is 0. The number of anilines is 1. The summed E-state index contributed by atoms with van der Waals surface area (Å²) < 4.78 is 7.14. The van der Waals surface area contributed by atoms with Crippen LogP contribution in [0.2, 0.25) is 5.02 Å². The molecular weight excluding hydrogens is 378 g/mol. The molecule has 4 aromatic rings. The number of hydrogen-bond acceptors (Lipinski definition) is 5. The van der Waals surface area contributed by atoms with Crippen LogP contribution in [0.25, 0.3) is 16.9 Å². The Balaban J connectivity index is 1.48. The van der Waals surface area contributed by atoms with E-state index in [1.54, 1.807) is 34.8 Å². The zero-order valence-electron chi connectivity index (χ0n) is 15.0. The number of para-hydroxylation sites is 1. The number of hydrogen-bond donors (Lipinski definition) is 1. The summed E-state index contributed by atoms with van der Waals surface area (Å²) >= 11 is 6.03. The lowest BCUT2D eigenvalue weighted by atomic mass is 10.1. The summed E-state index contributed by atoms with van der Waals surface area (Å²) in [5.41, 5.74) is 2.94. The smallest absolute Gasteiger partial charge is 0.262 e. The summed E-state index contributed by atoms with van der Waals surface area (Å²) in [4.78, 5) is 12.2. The average molecular weight is 394 g/mol. The molecule has 0 spiro atoms. The number of fused-ring (bicyclic) bond motifs is 1. The van der Waals surface area contributed by atoms with Crippen molar-refractivity contribution in [2.24, 2.45) is 0 Å². The van der Waals surface area contributed by atoms with Gasteiger partial charge in [-0.15, -0.1) is 10.2 Å². The minimum absolute atomic E-state index is 0.141. The minimum atomic E-state index is -0.282. The molecule has 0 saturated carbocycles. The van der Waals surface area contributed by atoms with Gasteiger partial charge in [-0.2, -0.15) is 9.61 Å². The molecule has 140 valence electrons. The van der Waals surface area contributed by atoms with Gasteiger partial charge in [0.05, 0.1) is 10.7 Å². The fourth-order valence-corrected chi connectivity index (χ4v) is 2.90. The molecule has 8 heteroatoms. The van der Waals surface area contributed by atoms with Crippen LogP contribution in [0.15, 0.2) is 60.7 Å². The zero-order valence-corrected chi connectivity index (χ0v) is 15.7. The van der Waals surface area contributed by atoms with Gasteiger partial charge in [0, 0.05) is 11.3 Å². The van der Waals surface area contributed by atoms with Gasteiger partial charge in [0.1, 0.15) is 5.75 Å². The van der Waals surface area contributed by atoms with Gasteiger partial charge in [-0.25, -0.2) is 0 Å². The van der Waals surface area contributed by atoms with E-state index in [2.05, 4.69) is 20.6 Å². The lowest BCUT2D eigenvalue weighted by Gasteiger charge is -2.10. The molecule has 0 aliphatic carbocycles. The van der Waals surface area contributed by atoms with Gasteiger partial charge in [0.25, 0.3) is 5.91 Å². The van der Waals surface area contributed by atoms with Crippen molar-refractivity contribution in [2.75, 3.05) is 11.9 Å². The Hall–Kier alpha value is -3.45. The Kier molecular flexibility index (Phi) is 4.90. The van der Waals surface area contributed by atoms with Crippen molar-refractivity contribution in [3.05, 3.63) is 71.5 Å². The number of carbonyl (C=O) groups excluding carboxylic acids is 1. The number of amides is 1. The Morgan fingerprint density at radius 2 is 1.96 bits per heavy atom. The Morgan fingerprint density at radius 1 is 1.11 bits per heavy atom. The monoisotopic (exact) mass is 393 g/mol. The van der Waals surface area contributed by atoms with Crippen LogP contribution in [-0.2, 0) is 4.79 Å². The molecule has 7 nitrogen and oxygen atoms in total. The van der Waals surface area contributed by atoms with E-state index in [9.17, 15) is 4.79 Å². The maximum Gasteiger partial charge on any atom is 0.262 e. The van der Waals surface area contributed by atoms with Gasteiger partial charge in [0.2, 0.25) is 0 Å². The standard InChI is InChI=1S/C20H16ClN5O2/c1-13-23-24-19-10-9-17(25-26(13)19)14-5-4-6-15(11-14)22-20(27)12-28-18-8-3-2-7-16(18)21/h2-11H,12H2,1H3,(H,22,27). The van der Waals surface area contributed by atoms with Crippen LogP contribution < -0.4 is 10.1 Å². The number of aromatic nitrogens is 4. The first kappa shape index (κ1) is 17.9. The third-order valence-corrected chi connectivity index (χ3v) is 4.37. The highest BCUT2D eigenvalue weighted by Gasteiger charge is 2.09. The van der Waals surface area contributed by atoms with E-state index in [1.165, 1.54) is 0 Å². The van der Waals surface area contributed by atoms with Crippen LogP contribution in [0.1, 0.15) is 5.82 Å². The molecule has 0 saturated heterocycles. The predicted octanol–water partition coefficient (Wildman–Crippen LogP) is 3.77. The molecule has 4 rings (SSSR count). The maximum atomic E-state index is 12.2. The lowest BCUT2D eigenvalue weighted by Crippen LogP contribution is -2.20. The number of ether oxygens (including phenoxy) is 1. The molecule has 0 unspecified atom stereocenters. The average Bonchev–Trinajstić information content (AvgIpc) is 3.08. The molecule has 0 radical (unpaired) electrons. The van der Waals surface area contributed by atoms with Crippen LogP contribution in [0, 0.1) is 6.92 Å². The van der Waals surface area contributed by atoms with Gasteiger partial charge in [-0.3, -0.25) is 4.79 Å². The second kappa shape index (κ2) is 7.66. The third kappa shape index (κ3) is 3.79. The van der Waals surface area contributed by atoms with E-state index in [1.807, 2.05) is 37.3 Å². The molecule has 2 aromatic heterocycles. The number of benzene rings is 2. The fourth-order valence-electron chi connectivity index (χ4n) is 2.71. The summed E-state index contributed by atoms with van der Waals surface area (Å²) in [5, 5.41) is 15.9. The van der Waals surface area contributed by atoms with Gasteiger partial charge in [-0.1, -0.05) is 35.9 Å². The molecule has 0 aliphatic heterocycles. The third-order valence-electron chi connectivity index (χ3n) is 4.06. The Morgan fingerprint density at radius 3 is 2.82 bits per heavy atom. The van der Waals surface area contributed by atoms with E-state index in [-0.39, 0.29) is 12.5 Å². The minimum Gasteiger partial charge on any atom is -0.482 e. The molecule has 0 bridgehead atoms. The highest BCUT2D eigenvalue weighted by molar-refractivity contribution is 6.32. The first-order valence-electron chi connectivity index (χ1n) is 8.57. The SMILES string of the molecule is Cc1nnc2ccc(-c3cccc(NC(=O)COc4ccccc4Cl)c3)nn12. The zero-order chi connectivity index (χ0) is 19.5. The summed E-state index contributed by atoms with van der Waals surface area (Å²) in [6, 6.07) is 18.2. The van der Waals surface area contributed by atoms with E-state index in [4.69, 9.17) is 16.3 Å². The lowest BCUT2D eigenvalue weighted by molar-refractivity contribution is -0.118. The van der Waals surface area contributed by atoms with E-state index >= 15 is 0 Å². The topological polar surface area (TPSA) is 81.4 Å². The number of halogens is 1. The summed E-state index contributed by atoms with van der Waals surface area (Å²) in [6.45, 7) is 1.70. The number of nitrogens with one attached hydrogen (secondary N) is 1. The number of aryl methyl sites for hydroxylation is 1. The molecule has 28 heavy (non-hydrogen) atoms. The fraction of sp³-hybridized carbons (Fsp3) is 0.100. The molecule has 1 N–H and O–H groups in total. The van der Waals surface area contributed by atoms with Crippen molar-refractivity contribution in [1.29, 1.82) is 0 Å². The van der Waals surface area contributed by atoms with Crippen molar-refractivity contribution in [2.45, 2.75) is 6.92 Å². The van der Waals surface area contributed by atoms with Crippen molar-refractivity contribution < 1.29 is 9.53 Å².